The molecule has 0 saturated carbocycles. The van der Waals surface area contributed by atoms with E-state index in [0.717, 1.165) is 5.56 Å². The predicted molar refractivity (Wildman–Crippen MR) is 77.1 cm³/mol. The average Bonchev–Trinajstić information content (AvgIpc) is 2.38. The lowest BCUT2D eigenvalue weighted by Crippen LogP contribution is -2.43. The molecule has 2 rings (SSSR count). The summed E-state index contributed by atoms with van der Waals surface area (Å²) >= 11 is 0. The molecule has 1 unspecified atom stereocenters. The molecule has 0 heterocycles. The standard InChI is InChI=1S/C16H20N2/c1-16(2,18)15(17)14-10-8-13(9-11-14)12-6-4-3-5-7-12/h3-11,15H,17-18H2,1-2H3. The van der Waals surface area contributed by atoms with Gasteiger partial charge in [-0.15, -0.1) is 0 Å². The van der Waals surface area contributed by atoms with E-state index in [1.807, 2.05) is 32.0 Å². The van der Waals surface area contributed by atoms with Gasteiger partial charge in [-0.05, 0) is 30.5 Å². The van der Waals surface area contributed by atoms with Gasteiger partial charge in [0.1, 0.15) is 0 Å². The SMILES string of the molecule is CC(C)(N)C(N)c1ccc(-c2ccccc2)cc1. The summed E-state index contributed by atoms with van der Waals surface area (Å²) < 4.78 is 0. The average molecular weight is 240 g/mol. The first-order valence-electron chi connectivity index (χ1n) is 6.18. The highest BCUT2D eigenvalue weighted by Crippen LogP contribution is 2.24. The van der Waals surface area contributed by atoms with Crippen LogP contribution in [0.1, 0.15) is 25.5 Å². The van der Waals surface area contributed by atoms with Crippen molar-refractivity contribution in [3.63, 3.8) is 0 Å². The lowest BCUT2D eigenvalue weighted by Gasteiger charge is -2.27. The summed E-state index contributed by atoms with van der Waals surface area (Å²) in [6.07, 6.45) is 0. The van der Waals surface area contributed by atoms with Crippen LogP contribution in [0.25, 0.3) is 11.1 Å². The van der Waals surface area contributed by atoms with Gasteiger partial charge in [0.2, 0.25) is 0 Å². The second-order valence-corrected chi connectivity index (χ2v) is 5.29. The van der Waals surface area contributed by atoms with Gasteiger partial charge in [-0.1, -0.05) is 54.6 Å². The Morgan fingerprint density at radius 1 is 0.833 bits per heavy atom. The molecular formula is C16H20N2. The Hall–Kier alpha value is -1.64. The fourth-order valence-electron chi connectivity index (χ4n) is 1.94. The summed E-state index contributed by atoms with van der Waals surface area (Å²) in [6.45, 7) is 3.89. The molecule has 1 atom stereocenters. The first-order chi connectivity index (χ1) is 8.48. The Balaban J connectivity index is 2.26. The molecule has 2 aromatic carbocycles. The molecule has 0 radical (unpaired) electrons. The first-order valence-corrected chi connectivity index (χ1v) is 6.18. The van der Waals surface area contributed by atoms with Crippen LogP contribution in [0.3, 0.4) is 0 Å². The van der Waals surface area contributed by atoms with Gasteiger partial charge in [0.05, 0.1) is 0 Å². The van der Waals surface area contributed by atoms with Gasteiger partial charge in [-0.3, -0.25) is 0 Å². The van der Waals surface area contributed by atoms with E-state index < -0.39 is 5.54 Å². The number of nitrogens with two attached hydrogens (primary N) is 2. The lowest BCUT2D eigenvalue weighted by molar-refractivity contribution is 0.420. The molecule has 0 fully saturated rings. The van der Waals surface area contributed by atoms with Gasteiger partial charge in [0.15, 0.2) is 0 Å². The maximum atomic E-state index is 6.14. The van der Waals surface area contributed by atoms with Crippen LogP contribution in [0.15, 0.2) is 54.6 Å². The Morgan fingerprint density at radius 3 is 1.83 bits per heavy atom. The summed E-state index contributed by atoms with van der Waals surface area (Å²) in [5.41, 5.74) is 15.2. The third kappa shape index (κ3) is 2.78. The van der Waals surface area contributed by atoms with Crippen molar-refractivity contribution in [3.05, 3.63) is 60.2 Å². The Bertz CT molecular complexity index is 495. The second-order valence-electron chi connectivity index (χ2n) is 5.29. The van der Waals surface area contributed by atoms with Crippen LogP contribution < -0.4 is 11.5 Å². The molecule has 0 bridgehead atoms. The smallest absolute Gasteiger partial charge is 0.0472 e. The summed E-state index contributed by atoms with van der Waals surface area (Å²) in [7, 11) is 0. The molecule has 0 aliphatic heterocycles. The number of benzene rings is 2. The zero-order valence-electron chi connectivity index (χ0n) is 10.9. The van der Waals surface area contributed by atoms with E-state index in [4.69, 9.17) is 11.5 Å². The highest BCUT2D eigenvalue weighted by atomic mass is 14.8. The minimum atomic E-state index is -0.408. The van der Waals surface area contributed by atoms with Crippen molar-refractivity contribution >= 4 is 0 Å². The minimum absolute atomic E-state index is 0.151. The molecule has 0 aromatic heterocycles. The number of hydrogen-bond acceptors (Lipinski definition) is 2. The van der Waals surface area contributed by atoms with Crippen molar-refractivity contribution in [1.82, 2.24) is 0 Å². The van der Waals surface area contributed by atoms with E-state index in [-0.39, 0.29) is 6.04 Å². The summed E-state index contributed by atoms with van der Waals surface area (Å²) in [5.74, 6) is 0. The molecule has 0 amide bonds. The van der Waals surface area contributed by atoms with E-state index >= 15 is 0 Å². The monoisotopic (exact) mass is 240 g/mol. The van der Waals surface area contributed by atoms with Gasteiger partial charge in [0.25, 0.3) is 0 Å². The van der Waals surface area contributed by atoms with Crippen LogP contribution >= 0.6 is 0 Å². The van der Waals surface area contributed by atoms with Crippen molar-refractivity contribution < 1.29 is 0 Å². The molecule has 94 valence electrons. The summed E-state index contributed by atoms with van der Waals surface area (Å²) in [6, 6.07) is 18.4. The van der Waals surface area contributed by atoms with Gasteiger partial charge in [-0.2, -0.15) is 0 Å². The van der Waals surface area contributed by atoms with Gasteiger partial charge in [-0.25, -0.2) is 0 Å². The summed E-state index contributed by atoms with van der Waals surface area (Å²) in [4.78, 5) is 0. The Kier molecular flexibility index (Phi) is 3.50. The van der Waals surface area contributed by atoms with E-state index in [1.54, 1.807) is 0 Å². The third-order valence-electron chi connectivity index (χ3n) is 3.18. The van der Waals surface area contributed by atoms with E-state index in [1.165, 1.54) is 11.1 Å². The van der Waals surface area contributed by atoms with Gasteiger partial charge >= 0.3 is 0 Å². The first kappa shape index (κ1) is 12.8. The van der Waals surface area contributed by atoms with Crippen LogP contribution in [-0.2, 0) is 0 Å². The maximum Gasteiger partial charge on any atom is 0.0472 e. The van der Waals surface area contributed by atoms with E-state index in [2.05, 4.69) is 36.4 Å². The lowest BCUT2D eigenvalue weighted by atomic mass is 9.89. The molecule has 0 aliphatic rings. The fraction of sp³-hybridized carbons (Fsp3) is 0.250. The largest absolute Gasteiger partial charge is 0.324 e. The fourth-order valence-corrected chi connectivity index (χ4v) is 1.94. The van der Waals surface area contributed by atoms with Crippen molar-refractivity contribution in [2.75, 3.05) is 0 Å². The molecule has 4 N–H and O–H groups in total. The normalized spacial score (nSPS) is 13.3. The molecule has 2 heteroatoms. The van der Waals surface area contributed by atoms with Crippen LogP contribution in [0.5, 0.6) is 0 Å². The van der Waals surface area contributed by atoms with Gasteiger partial charge in [0, 0.05) is 11.6 Å². The van der Waals surface area contributed by atoms with Crippen LogP contribution in [0.4, 0.5) is 0 Å². The van der Waals surface area contributed by atoms with Gasteiger partial charge < -0.3 is 11.5 Å². The van der Waals surface area contributed by atoms with Crippen molar-refractivity contribution in [2.45, 2.75) is 25.4 Å². The van der Waals surface area contributed by atoms with E-state index in [9.17, 15) is 0 Å². The highest BCUT2D eigenvalue weighted by molar-refractivity contribution is 5.63. The highest BCUT2D eigenvalue weighted by Gasteiger charge is 2.22. The maximum absolute atomic E-state index is 6.14. The molecule has 0 aliphatic carbocycles. The number of rotatable bonds is 3. The molecule has 18 heavy (non-hydrogen) atoms. The minimum Gasteiger partial charge on any atom is -0.324 e. The second kappa shape index (κ2) is 4.92. The zero-order chi connectivity index (χ0) is 13.2. The molecule has 2 nitrogen and oxygen atoms in total. The molecule has 2 aromatic rings. The van der Waals surface area contributed by atoms with Crippen LogP contribution in [-0.4, -0.2) is 5.54 Å². The summed E-state index contributed by atoms with van der Waals surface area (Å²) in [5, 5.41) is 0. The van der Waals surface area contributed by atoms with Crippen LogP contribution in [0.2, 0.25) is 0 Å². The Morgan fingerprint density at radius 2 is 1.33 bits per heavy atom. The Labute approximate surface area is 109 Å². The van der Waals surface area contributed by atoms with Crippen molar-refractivity contribution in [2.24, 2.45) is 11.5 Å². The zero-order valence-corrected chi connectivity index (χ0v) is 10.9. The molecule has 0 spiro atoms. The quantitative estimate of drug-likeness (QED) is 0.866. The van der Waals surface area contributed by atoms with Crippen molar-refractivity contribution in [3.8, 4) is 11.1 Å². The number of hydrogen-bond donors (Lipinski definition) is 2. The predicted octanol–water partition coefficient (Wildman–Crippen LogP) is 3.09. The molecular weight excluding hydrogens is 220 g/mol. The molecule has 0 saturated heterocycles. The van der Waals surface area contributed by atoms with E-state index in [0.29, 0.717) is 0 Å². The van der Waals surface area contributed by atoms with Crippen LogP contribution in [0, 0.1) is 0 Å². The van der Waals surface area contributed by atoms with Crippen molar-refractivity contribution in [1.29, 1.82) is 0 Å². The topological polar surface area (TPSA) is 52.0 Å². The third-order valence-corrected chi connectivity index (χ3v) is 3.18.